The van der Waals surface area contributed by atoms with E-state index in [0.717, 1.165) is 74.3 Å². The van der Waals surface area contributed by atoms with Crippen molar-refractivity contribution in [1.29, 1.82) is 0 Å². The lowest BCUT2D eigenvalue weighted by molar-refractivity contribution is -0.290. The third-order valence-corrected chi connectivity index (χ3v) is 17.4. The fraction of sp³-hybridized carbons (Fsp3) is 0.710. The Morgan fingerprint density at radius 2 is 1.70 bits per heavy atom. The summed E-state index contributed by atoms with van der Waals surface area (Å²) in [5, 5.41) is 12.5. The van der Waals surface area contributed by atoms with E-state index in [1.807, 2.05) is 50.2 Å². The standard InChI is InChI=1S/C33H42O7.C29H49O7P/c1-5-6-9-22(3)40-33(4)18-30-28(37-20-33)17-29-31(39-30)27(34)16-26(38-29)14-21(2)19-36-32(35)25-13-12-23-10-7-8-11-24(23)15-25;1-6-8-10-21-27(32-13-12-31-11-9-7-2)20(4)18-29(37)25(33-21)16-24-28(5,36-29)17-19(3)14-22-23(34-24)15-26(30)35-22/h6-13,15,22,26-31,34H,2,5,14,16-20H2,1,3-4H3;6,8,19-25,27H,7,9-18,37H2,1-5H3/b9-6-;8-6-. The number of hydrogen-bond donors (Lipinski definition) is 1. The van der Waals surface area contributed by atoms with Gasteiger partial charge in [0.15, 0.2) is 0 Å². The Bertz CT molecular complexity index is 2330. The maximum atomic E-state index is 12.6. The van der Waals surface area contributed by atoms with Crippen LogP contribution in [0, 0.1) is 11.8 Å². The summed E-state index contributed by atoms with van der Waals surface area (Å²) in [5.41, 5.74) is 0.335. The van der Waals surface area contributed by atoms with Crippen LogP contribution in [0.2, 0.25) is 0 Å². The van der Waals surface area contributed by atoms with Gasteiger partial charge < -0.3 is 57.2 Å². The quantitative estimate of drug-likeness (QED) is 0.0651. The molecule has 7 aliphatic heterocycles. The summed E-state index contributed by atoms with van der Waals surface area (Å²) in [4.78, 5) is 24.7. The molecule has 0 radical (unpaired) electrons. The summed E-state index contributed by atoms with van der Waals surface area (Å²) in [5.74, 6) is 0.0537. The topological polar surface area (TPSA) is 156 Å². The highest BCUT2D eigenvalue weighted by Crippen LogP contribution is 2.53. The van der Waals surface area contributed by atoms with Gasteiger partial charge in [0.2, 0.25) is 0 Å². The highest BCUT2D eigenvalue weighted by molar-refractivity contribution is 7.18. The van der Waals surface area contributed by atoms with E-state index in [9.17, 15) is 14.7 Å². The van der Waals surface area contributed by atoms with Crippen molar-refractivity contribution in [3.8, 4) is 0 Å². The third-order valence-electron chi connectivity index (χ3n) is 16.6. The largest absolute Gasteiger partial charge is 0.459 e. The number of ether oxygens (including phenoxy) is 11. The zero-order valence-corrected chi connectivity index (χ0v) is 48.4. The fourth-order valence-electron chi connectivity index (χ4n) is 13.0. The van der Waals surface area contributed by atoms with E-state index in [-0.39, 0.29) is 91.6 Å². The molecule has 0 aliphatic carbocycles. The molecular formula is C62H91O14P. The lowest BCUT2D eigenvalue weighted by atomic mass is 9.77. The van der Waals surface area contributed by atoms with E-state index in [1.165, 1.54) is 0 Å². The molecular weight excluding hydrogens is 1000 g/mol. The highest BCUT2D eigenvalue weighted by Gasteiger charge is 2.59. The van der Waals surface area contributed by atoms with Crippen molar-refractivity contribution < 1.29 is 66.8 Å². The van der Waals surface area contributed by atoms with E-state index in [1.54, 1.807) is 6.07 Å². The molecule has 0 aromatic heterocycles. The summed E-state index contributed by atoms with van der Waals surface area (Å²) in [6.45, 7) is 23.7. The molecule has 15 heteroatoms. The van der Waals surface area contributed by atoms with E-state index in [4.69, 9.17) is 52.1 Å². The van der Waals surface area contributed by atoms with Crippen molar-refractivity contribution in [2.24, 2.45) is 11.8 Å². The number of aliphatic hydroxyl groups is 1. The van der Waals surface area contributed by atoms with Crippen LogP contribution in [0.4, 0.5) is 0 Å². The first-order valence-corrected chi connectivity index (χ1v) is 29.6. The number of unbranched alkanes of at least 4 members (excludes halogenated alkanes) is 1. The summed E-state index contributed by atoms with van der Waals surface area (Å²) in [6.07, 6.45) is 15.5. The molecule has 0 amide bonds. The normalized spacial score (nSPS) is 38.3. The summed E-state index contributed by atoms with van der Waals surface area (Å²) in [6, 6.07) is 13.4. The molecule has 2 aromatic carbocycles. The van der Waals surface area contributed by atoms with Gasteiger partial charge in [-0.1, -0.05) is 95.3 Å². The van der Waals surface area contributed by atoms with Gasteiger partial charge in [-0.25, -0.2) is 4.79 Å². The van der Waals surface area contributed by atoms with Gasteiger partial charge in [0.05, 0.1) is 104 Å². The number of carbonyl (C=O) groups is 2. The molecule has 19 atom stereocenters. The second kappa shape index (κ2) is 27.1. The molecule has 77 heavy (non-hydrogen) atoms. The zero-order chi connectivity index (χ0) is 54.9. The Morgan fingerprint density at radius 3 is 2.48 bits per heavy atom. The molecule has 7 heterocycles. The monoisotopic (exact) mass is 1090 g/mol. The van der Waals surface area contributed by atoms with Crippen molar-refractivity contribution in [1.82, 2.24) is 0 Å². The SMILES string of the molecule is C/C=C\CC1OC2CC3OC4CC(=O)OC4CC(C)CC3(C)OC2(P)CC(C)C1OCCOCCCC.C=C(COC(=O)c1ccc2ccccc2c1)CC1CC(O)C2OC3CC(C)(OC(C)/C=C\CC)COC3CC2O1. The van der Waals surface area contributed by atoms with Crippen LogP contribution in [-0.4, -0.2) is 146 Å². The lowest BCUT2D eigenvalue weighted by Crippen LogP contribution is -2.62. The molecule has 7 fully saturated rings. The van der Waals surface area contributed by atoms with Crippen molar-refractivity contribution >= 4 is 32.0 Å². The Labute approximate surface area is 461 Å². The van der Waals surface area contributed by atoms with Gasteiger partial charge in [0.1, 0.15) is 30.3 Å². The Balaban J connectivity index is 0.000000204. The molecule has 9 rings (SSSR count). The number of allylic oxidation sites excluding steroid dienone is 2. The number of rotatable bonds is 18. The van der Waals surface area contributed by atoms with E-state index in [2.05, 4.69) is 81.7 Å². The minimum atomic E-state index is -0.654. The molecule has 0 spiro atoms. The summed E-state index contributed by atoms with van der Waals surface area (Å²) < 4.78 is 69.2. The molecule has 428 valence electrons. The average molecular weight is 1090 g/mol. The number of benzene rings is 2. The van der Waals surface area contributed by atoms with E-state index in [0.29, 0.717) is 63.4 Å². The zero-order valence-electron chi connectivity index (χ0n) is 47.3. The number of hydrogen-bond acceptors (Lipinski definition) is 14. The Kier molecular flexibility index (Phi) is 21.1. The minimum Gasteiger partial charge on any atom is -0.459 e. The second-order valence-corrected chi connectivity index (χ2v) is 24.7. The number of fused-ring (bicyclic) bond motifs is 6. The number of carbonyl (C=O) groups excluding carboxylic acids is 2. The van der Waals surface area contributed by atoms with Crippen molar-refractivity contribution in [2.45, 2.75) is 235 Å². The van der Waals surface area contributed by atoms with Gasteiger partial charge in [0, 0.05) is 32.3 Å². The molecule has 7 saturated heterocycles. The third kappa shape index (κ3) is 15.5. The number of aliphatic hydroxyl groups excluding tert-OH is 1. The Hall–Kier alpha value is -3.11. The molecule has 14 nitrogen and oxygen atoms in total. The van der Waals surface area contributed by atoms with Crippen molar-refractivity contribution in [3.63, 3.8) is 0 Å². The van der Waals surface area contributed by atoms with Crippen LogP contribution in [0.15, 0.2) is 78.9 Å². The summed E-state index contributed by atoms with van der Waals surface area (Å²) >= 11 is 0. The van der Waals surface area contributed by atoms with Gasteiger partial charge >= 0.3 is 11.9 Å². The first-order chi connectivity index (χ1) is 36.9. The van der Waals surface area contributed by atoms with Gasteiger partial charge in [-0.3, -0.25) is 4.79 Å². The van der Waals surface area contributed by atoms with Gasteiger partial charge in [-0.15, -0.1) is 9.24 Å². The molecule has 0 saturated carbocycles. The molecule has 2 aromatic rings. The molecule has 19 unspecified atom stereocenters. The maximum Gasteiger partial charge on any atom is 0.338 e. The first-order valence-electron chi connectivity index (χ1n) is 29.0. The van der Waals surface area contributed by atoms with E-state index < -0.39 is 28.8 Å². The predicted molar refractivity (Wildman–Crippen MR) is 299 cm³/mol. The van der Waals surface area contributed by atoms with Crippen LogP contribution >= 0.6 is 9.24 Å². The highest BCUT2D eigenvalue weighted by atomic mass is 31.0. The van der Waals surface area contributed by atoms with Crippen LogP contribution < -0.4 is 0 Å². The average Bonchev–Trinajstić information content (AvgIpc) is 3.72. The van der Waals surface area contributed by atoms with Crippen LogP contribution in [0.3, 0.4) is 0 Å². The second-order valence-electron chi connectivity index (χ2n) is 23.7. The fourth-order valence-corrected chi connectivity index (χ4v) is 13.9. The first kappa shape index (κ1) is 60.0. The maximum absolute atomic E-state index is 12.6. The van der Waals surface area contributed by atoms with Gasteiger partial charge in [-0.05, 0) is 113 Å². The Morgan fingerprint density at radius 1 is 0.896 bits per heavy atom. The van der Waals surface area contributed by atoms with Gasteiger partial charge in [-0.2, -0.15) is 0 Å². The molecule has 7 aliphatic rings. The van der Waals surface area contributed by atoms with Crippen LogP contribution in [0.5, 0.6) is 0 Å². The van der Waals surface area contributed by atoms with Crippen LogP contribution in [-0.2, 0) is 56.9 Å². The van der Waals surface area contributed by atoms with Crippen LogP contribution in [0.1, 0.15) is 149 Å². The minimum absolute atomic E-state index is 0.00857. The van der Waals surface area contributed by atoms with Crippen molar-refractivity contribution in [2.75, 3.05) is 33.0 Å². The van der Waals surface area contributed by atoms with Crippen molar-refractivity contribution in [3.05, 3.63) is 84.5 Å². The van der Waals surface area contributed by atoms with Crippen LogP contribution in [0.25, 0.3) is 10.8 Å². The smallest absolute Gasteiger partial charge is 0.338 e. The van der Waals surface area contributed by atoms with Gasteiger partial charge in [0.25, 0.3) is 0 Å². The lowest BCUT2D eigenvalue weighted by Gasteiger charge is -2.55. The predicted octanol–water partition coefficient (Wildman–Crippen LogP) is 10.7. The number of esters is 2. The summed E-state index contributed by atoms with van der Waals surface area (Å²) in [7, 11) is 3.03. The molecule has 0 bridgehead atoms. The van der Waals surface area contributed by atoms with E-state index >= 15 is 0 Å². The molecule has 1 N–H and O–H groups in total.